The van der Waals surface area contributed by atoms with Crippen LogP contribution in [0.15, 0.2) is 28.5 Å². The lowest BCUT2D eigenvalue weighted by Gasteiger charge is -2.11. The van der Waals surface area contributed by atoms with Gasteiger partial charge in [0, 0.05) is 12.2 Å². The zero-order valence-corrected chi connectivity index (χ0v) is 12.3. The van der Waals surface area contributed by atoms with Gasteiger partial charge in [0.2, 0.25) is 5.16 Å². The van der Waals surface area contributed by atoms with Crippen molar-refractivity contribution >= 4 is 11.8 Å². The van der Waals surface area contributed by atoms with Crippen LogP contribution in [0.5, 0.6) is 0 Å². The fourth-order valence-corrected chi connectivity index (χ4v) is 3.34. The third-order valence-corrected chi connectivity index (χ3v) is 4.50. The van der Waals surface area contributed by atoms with Crippen LogP contribution in [0.1, 0.15) is 50.3 Å². The van der Waals surface area contributed by atoms with E-state index in [1.807, 2.05) is 23.7 Å². The molecule has 20 heavy (non-hydrogen) atoms. The van der Waals surface area contributed by atoms with E-state index in [-0.39, 0.29) is 6.04 Å². The molecular weight excluding hydrogens is 272 g/mol. The van der Waals surface area contributed by atoms with Crippen molar-refractivity contribution in [2.75, 3.05) is 0 Å². The van der Waals surface area contributed by atoms with Gasteiger partial charge < -0.3 is 5.73 Å². The summed E-state index contributed by atoms with van der Waals surface area (Å²) in [6, 6.07) is 4.38. The third kappa shape index (κ3) is 2.83. The largest absolute Gasteiger partial charge is 0.324 e. The van der Waals surface area contributed by atoms with E-state index in [0.717, 1.165) is 28.6 Å². The third-order valence-electron chi connectivity index (χ3n) is 3.61. The second-order valence-corrected chi connectivity index (χ2v) is 6.15. The van der Waals surface area contributed by atoms with Crippen LogP contribution >= 0.6 is 11.8 Å². The van der Waals surface area contributed by atoms with Crippen LogP contribution < -0.4 is 5.73 Å². The average molecular weight is 290 g/mol. The lowest BCUT2D eigenvalue weighted by atomic mass is 10.1. The van der Waals surface area contributed by atoms with Gasteiger partial charge in [-0.15, -0.1) is 5.10 Å². The molecule has 2 heterocycles. The molecule has 3 rings (SSSR count). The van der Waals surface area contributed by atoms with Crippen molar-refractivity contribution in [1.82, 2.24) is 25.2 Å². The Morgan fingerprint density at radius 1 is 1.40 bits per heavy atom. The maximum absolute atomic E-state index is 5.90. The van der Waals surface area contributed by atoms with Crippen LogP contribution in [-0.4, -0.2) is 25.2 Å². The molecular formula is C13H18N6S. The summed E-state index contributed by atoms with van der Waals surface area (Å²) < 4.78 is 1.94. The zero-order valence-electron chi connectivity index (χ0n) is 11.4. The molecule has 1 aliphatic carbocycles. The SMILES string of the molecule is C[C@H](N)c1ccnc(Sc2nnnn2C2CCCC2)c1. The summed E-state index contributed by atoms with van der Waals surface area (Å²) in [5.41, 5.74) is 6.97. The van der Waals surface area contributed by atoms with E-state index in [4.69, 9.17) is 5.73 Å². The number of pyridine rings is 1. The summed E-state index contributed by atoms with van der Waals surface area (Å²) >= 11 is 1.50. The molecule has 0 amide bonds. The normalized spacial score (nSPS) is 17.5. The van der Waals surface area contributed by atoms with Crippen LogP contribution in [-0.2, 0) is 0 Å². The number of hydrogen-bond donors (Lipinski definition) is 1. The fourth-order valence-electron chi connectivity index (χ4n) is 2.49. The topological polar surface area (TPSA) is 82.5 Å². The van der Waals surface area contributed by atoms with Crippen molar-refractivity contribution in [2.24, 2.45) is 5.73 Å². The summed E-state index contributed by atoms with van der Waals surface area (Å²) in [4.78, 5) is 4.36. The number of tetrazole rings is 1. The fraction of sp³-hybridized carbons (Fsp3) is 0.538. The molecule has 7 heteroatoms. The molecule has 0 bridgehead atoms. The number of rotatable bonds is 4. The smallest absolute Gasteiger partial charge is 0.215 e. The Labute approximate surface area is 122 Å². The van der Waals surface area contributed by atoms with Crippen molar-refractivity contribution < 1.29 is 0 Å². The Morgan fingerprint density at radius 2 is 2.20 bits per heavy atom. The molecule has 106 valence electrons. The maximum Gasteiger partial charge on any atom is 0.215 e. The Balaban J connectivity index is 1.81. The summed E-state index contributed by atoms with van der Waals surface area (Å²) in [7, 11) is 0. The minimum absolute atomic E-state index is 0.00294. The Bertz CT molecular complexity index is 576. The lowest BCUT2D eigenvalue weighted by molar-refractivity contribution is 0.423. The van der Waals surface area contributed by atoms with Crippen molar-refractivity contribution in [3.05, 3.63) is 23.9 Å². The molecule has 1 fully saturated rings. The van der Waals surface area contributed by atoms with Crippen LogP contribution in [0.4, 0.5) is 0 Å². The molecule has 0 saturated heterocycles. The minimum atomic E-state index is 0.00294. The van der Waals surface area contributed by atoms with Crippen molar-refractivity contribution in [1.29, 1.82) is 0 Å². The summed E-state index contributed by atoms with van der Waals surface area (Å²) in [5.74, 6) is 0. The van der Waals surface area contributed by atoms with Gasteiger partial charge >= 0.3 is 0 Å². The van der Waals surface area contributed by atoms with E-state index in [2.05, 4.69) is 20.5 Å². The first-order chi connectivity index (χ1) is 9.74. The van der Waals surface area contributed by atoms with Crippen molar-refractivity contribution in [2.45, 2.75) is 54.9 Å². The van der Waals surface area contributed by atoms with Gasteiger partial charge in [-0.3, -0.25) is 0 Å². The molecule has 1 aliphatic rings. The van der Waals surface area contributed by atoms with Gasteiger partial charge in [0.25, 0.3) is 0 Å². The van der Waals surface area contributed by atoms with Gasteiger partial charge in [-0.1, -0.05) is 12.8 Å². The van der Waals surface area contributed by atoms with Crippen LogP contribution in [0.2, 0.25) is 0 Å². The molecule has 0 aliphatic heterocycles. The molecule has 1 saturated carbocycles. The number of aromatic nitrogens is 5. The number of nitrogens with zero attached hydrogens (tertiary/aromatic N) is 5. The van der Waals surface area contributed by atoms with Gasteiger partial charge in [-0.05, 0) is 59.7 Å². The number of nitrogens with two attached hydrogens (primary N) is 1. The second kappa shape index (κ2) is 5.88. The Kier molecular flexibility index (Phi) is 3.98. The van der Waals surface area contributed by atoms with Crippen molar-refractivity contribution in [3.63, 3.8) is 0 Å². The summed E-state index contributed by atoms with van der Waals surface area (Å²) in [5, 5.41) is 13.8. The minimum Gasteiger partial charge on any atom is -0.324 e. The predicted octanol–water partition coefficient (Wildman–Crippen LogP) is 2.35. The first-order valence-corrected chi connectivity index (χ1v) is 7.73. The highest BCUT2D eigenvalue weighted by Gasteiger charge is 2.22. The molecule has 2 aromatic heterocycles. The Hall–Kier alpha value is -1.47. The zero-order chi connectivity index (χ0) is 13.9. The quantitative estimate of drug-likeness (QED) is 0.930. The monoisotopic (exact) mass is 290 g/mol. The van der Waals surface area contributed by atoms with Crippen LogP contribution in [0, 0.1) is 0 Å². The molecule has 2 aromatic rings. The highest BCUT2D eigenvalue weighted by atomic mass is 32.2. The first kappa shape index (κ1) is 13.5. The molecule has 0 unspecified atom stereocenters. The van der Waals surface area contributed by atoms with E-state index in [1.165, 1.54) is 24.6 Å². The van der Waals surface area contributed by atoms with Crippen LogP contribution in [0.3, 0.4) is 0 Å². The van der Waals surface area contributed by atoms with Crippen LogP contribution in [0.25, 0.3) is 0 Å². The van der Waals surface area contributed by atoms with E-state index in [1.54, 1.807) is 6.20 Å². The van der Waals surface area contributed by atoms with Crippen molar-refractivity contribution in [3.8, 4) is 0 Å². The van der Waals surface area contributed by atoms with Gasteiger partial charge in [-0.25, -0.2) is 9.67 Å². The van der Waals surface area contributed by atoms with Gasteiger partial charge in [0.15, 0.2) is 0 Å². The van der Waals surface area contributed by atoms with E-state index in [0.29, 0.717) is 6.04 Å². The molecule has 0 radical (unpaired) electrons. The van der Waals surface area contributed by atoms with Gasteiger partial charge in [0.05, 0.1) is 6.04 Å². The van der Waals surface area contributed by atoms with E-state index in [9.17, 15) is 0 Å². The molecule has 6 nitrogen and oxygen atoms in total. The standard InChI is InChI=1S/C13H18N6S/c1-9(14)10-6-7-15-12(8-10)20-13-16-17-18-19(13)11-4-2-3-5-11/h6-9,11H,2-5,14H2,1H3/t9-/m0/s1. The highest BCUT2D eigenvalue weighted by molar-refractivity contribution is 7.99. The summed E-state index contributed by atoms with van der Waals surface area (Å²) in [6.07, 6.45) is 6.61. The average Bonchev–Trinajstić information content (AvgIpc) is 3.09. The molecule has 0 spiro atoms. The number of hydrogen-bond acceptors (Lipinski definition) is 6. The van der Waals surface area contributed by atoms with E-state index < -0.39 is 0 Å². The molecule has 1 atom stereocenters. The predicted molar refractivity (Wildman–Crippen MR) is 76.3 cm³/mol. The molecule has 0 aromatic carbocycles. The maximum atomic E-state index is 5.90. The van der Waals surface area contributed by atoms with Gasteiger partial charge in [-0.2, -0.15) is 0 Å². The summed E-state index contributed by atoms with van der Waals surface area (Å²) in [6.45, 7) is 1.96. The first-order valence-electron chi connectivity index (χ1n) is 6.91. The molecule has 2 N–H and O–H groups in total. The highest BCUT2D eigenvalue weighted by Crippen LogP contribution is 2.33. The lowest BCUT2D eigenvalue weighted by Crippen LogP contribution is -2.08. The second-order valence-electron chi connectivity index (χ2n) is 5.16. The van der Waals surface area contributed by atoms with Gasteiger partial charge in [0.1, 0.15) is 5.03 Å². The Morgan fingerprint density at radius 3 is 2.95 bits per heavy atom. The van der Waals surface area contributed by atoms with E-state index >= 15 is 0 Å².